The summed E-state index contributed by atoms with van der Waals surface area (Å²) in [4.78, 5) is 0.309. The van der Waals surface area contributed by atoms with Crippen LogP contribution in [-0.4, -0.2) is 30.9 Å². The molecule has 0 aromatic carbocycles. The van der Waals surface area contributed by atoms with E-state index in [9.17, 15) is 8.42 Å². The number of rotatable bonds is 5. The number of aryl methyl sites for hydroxylation is 1. The van der Waals surface area contributed by atoms with Gasteiger partial charge in [-0.3, -0.25) is 0 Å². The molecule has 17 heavy (non-hydrogen) atoms. The van der Waals surface area contributed by atoms with Crippen molar-refractivity contribution in [2.75, 3.05) is 13.6 Å². The Morgan fingerprint density at radius 3 is 2.47 bits per heavy atom. The number of nitrogens with zero attached hydrogens (tertiary/aromatic N) is 2. The molecule has 0 spiro atoms. The van der Waals surface area contributed by atoms with Crippen LogP contribution in [0.2, 0.25) is 0 Å². The Labute approximate surface area is 103 Å². The monoisotopic (exact) mass is 259 g/mol. The van der Waals surface area contributed by atoms with Gasteiger partial charge in [0.05, 0.1) is 0 Å². The van der Waals surface area contributed by atoms with Crippen molar-refractivity contribution in [1.82, 2.24) is 8.87 Å². The van der Waals surface area contributed by atoms with E-state index < -0.39 is 10.0 Å². The summed E-state index contributed by atoms with van der Waals surface area (Å²) in [7, 11) is 0.00807. The molecular formula is C11H21N3O2S. The molecule has 1 rings (SSSR count). The van der Waals surface area contributed by atoms with Gasteiger partial charge < -0.3 is 10.3 Å². The number of aromatic nitrogens is 1. The van der Waals surface area contributed by atoms with E-state index in [0.29, 0.717) is 23.9 Å². The molecule has 0 bridgehead atoms. The largest absolute Gasteiger partial charge is 0.352 e. The van der Waals surface area contributed by atoms with E-state index in [1.807, 2.05) is 13.8 Å². The first-order valence-electron chi connectivity index (χ1n) is 5.60. The number of sulfonamides is 1. The second-order valence-electron chi connectivity index (χ2n) is 4.66. The fourth-order valence-electron chi connectivity index (χ4n) is 1.71. The average Bonchev–Trinajstić information content (AvgIpc) is 2.59. The third-order valence-electron chi connectivity index (χ3n) is 2.62. The first-order valence-corrected chi connectivity index (χ1v) is 7.04. The molecule has 1 aromatic rings. The van der Waals surface area contributed by atoms with Crippen molar-refractivity contribution in [1.29, 1.82) is 0 Å². The SMILES string of the molecule is CC(C)CN(C)S(=O)(=O)c1cc(CN)n(C)c1. The highest BCUT2D eigenvalue weighted by Crippen LogP contribution is 2.18. The smallest absolute Gasteiger partial charge is 0.244 e. The fourth-order valence-corrected chi connectivity index (χ4v) is 3.14. The maximum atomic E-state index is 12.2. The molecule has 0 amide bonds. The van der Waals surface area contributed by atoms with Crippen LogP contribution in [0.15, 0.2) is 17.2 Å². The van der Waals surface area contributed by atoms with Gasteiger partial charge in [-0.05, 0) is 12.0 Å². The van der Waals surface area contributed by atoms with Crippen LogP contribution >= 0.6 is 0 Å². The molecule has 1 heterocycles. The molecule has 0 unspecified atom stereocenters. The quantitative estimate of drug-likeness (QED) is 0.849. The summed E-state index contributed by atoms with van der Waals surface area (Å²) in [6.07, 6.45) is 1.61. The Balaban J connectivity index is 3.04. The molecule has 5 nitrogen and oxygen atoms in total. The molecule has 1 aromatic heterocycles. The van der Waals surface area contributed by atoms with Crippen LogP contribution in [0.5, 0.6) is 0 Å². The molecule has 0 aliphatic carbocycles. The van der Waals surface area contributed by atoms with Crippen molar-refractivity contribution in [3.63, 3.8) is 0 Å². The standard InChI is InChI=1S/C11H21N3O2S/c1-9(2)7-14(4)17(15,16)11-5-10(6-12)13(3)8-11/h5,8-9H,6-7,12H2,1-4H3. The van der Waals surface area contributed by atoms with Crippen molar-refractivity contribution < 1.29 is 8.42 Å². The topological polar surface area (TPSA) is 68.3 Å². The minimum Gasteiger partial charge on any atom is -0.352 e. The van der Waals surface area contributed by atoms with Gasteiger partial charge in [-0.15, -0.1) is 0 Å². The van der Waals surface area contributed by atoms with Crippen LogP contribution < -0.4 is 5.73 Å². The van der Waals surface area contributed by atoms with E-state index in [-0.39, 0.29) is 0 Å². The number of nitrogens with two attached hydrogens (primary N) is 1. The summed E-state index contributed by atoms with van der Waals surface area (Å²) >= 11 is 0. The van der Waals surface area contributed by atoms with Gasteiger partial charge in [-0.2, -0.15) is 0 Å². The van der Waals surface area contributed by atoms with Crippen molar-refractivity contribution in [3.8, 4) is 0 Å². The van der Waals surface area contributed by atoms with E-state index in [1.54, 1.807) is 30.9 Å². The van der Waals surface area contributed by atoms with Gasteiger partial charge in [0.2, 0.25) is 10.0 Å². The van der Waals surface area contributed by atoms with E-state index in [4.69, 9.17) is 5.73 Å². The van der Waals surface area contributed by atoms with Gasteiger partial charge in [0.15, 0.2) is 0 Å². The third kappa shape index (κ3) is 3.08. The Bertz CT molecular complexity index is 477. The van der Waals surface area contributed by atoms with Gasteiger partial charge in [0.1, 0.15) is 4.90 Å². The highest BCUT2D eigenvalue weighted by atomic mass is 32.2. The summed E-state index contributed by atoms with van der Waals surface area (Å²) in [6, 6.07) is 1.63. The highest BCUT2D eigenvalue weighted by Gasteiger charge is 2.23. The predicted molar refractivity (Wildman–Crippen MR) is 68.0 cm³/mol. The number of hydrogen-bond acceptors (Lipinski definition) is 3. The summed E-state index contributed by atoms with van der Waals surface area (Å²) in [6.45, 7) is 4.82. The summed E-state index contributed by atoms with van der Waals surface area (Å²) in [5.41, 5.74) is 6.34. The van der Waals surface area contributed by atoms with Crippen LogP contribution in [-0.2, 0) is 23.6 Å². The van der Waals surface area contributed by atoms with Crippen molar-refractivity contribution in [3.05, 3.63) is 18.0 Å². The summed E-state index contributed by atoms with van der Waals surface area (Å²) in [5.74, 6) is 0.299. The van der Waals surface area contributed by atoms with Crippen LogP contribution in [0.25, 0.3) is 0 Å². The molecule has 0 aliphatic rings. The van der Waals surface area contributed by atoms with E-state index in [0.717, 1.165) is 5.69 Å². The minimum atomic E-state index is -3.39. The summed E-state index contributed by atoms with van der Waals surface area (Å²) in [5, 5.41) is 0. The zero-order valence-electron chi connectivity index (χ0n) is 10.8. The highest BCUT2D eigenvalue weighted by molar-refractivity contribution is 7.89. The fraction of sp³-hybridized carbons (Fsp3) is 0.636. The van der Waals surface area contributed by atoms with Crippen LogP contribution in [0, 0.1) is 5.92 Å². The molecule has 0 saturated carbocycles. The molecule has 0 aliphatic heterocycles. The lowest BCUT2D eigenvalue weighted by Crippen LogP contribution is -2.30. The Morgan fingerprint density at radius 2 is 2.06 bits per heavy atom. The van der Waals surface area contributed by atoms with Crippen molar-refractivity contribution in [2.24, 2.45) is 18.7 Å². The molecule has 0 fully saturated rings. The van der Waals surface area contributed by atoms with Gasteiger partial charge in [-0.25, -0.2) is 12.7 Å². The van der Waals surface area contributed by atoms with Gasteiger partial charge >= 0.3 is 0 Å². The first kappa shape index (κ1) is 14.2. The van der Waals surface area contributed by atoms with Crippen LogP contribution in [0.4, 0.5) is 0 Å². The molecule has 2 N–H and O–H groups in total. The molecule has 6 heteroatoms. The Kier molecular flexibility index (Phi) is 4.35. The molecule has 98 valence electrons. The third-order valence-corrected chi connectivity index (χ3v) is 4.41. The second kappa shape index (κ2) is 5.20. The normalized spacial score (nSPS) is 12.6. The van der Waals surface area contributed by atoms with Crippen molar-refractivity contribution >= 4 is 10.0 Å². The second-order valence-corrected chi connectivity index (χ2v) is 6.71. The van der Waals surface area contributed by atoms with Crippen LogP contribution in [0.1, 0.15) is 19.5 Å². The molecular weight excluding hydrogens is 238 g/mol. The van der Waals surface area contributed by atoms with Crippen LogP contribution in [0.3, 0.4) is 0 Å². The maximum Gasteiger partial charge on any atom is 0.244 e. The van der Waals surface area contributed by atoms with Gasteiger partial charge in [-0.1, -0.05) is 13.8 Å². The van der Waals surface area contributed by atoms with E-state index in [2.05, 4.69) is 0 Å². The molecule has 0 radical (unpaired) electrons. The molecule has 0 atom stereocenters. The maximum absolute atomic E-state index is 12.2. The molecule has 0 saturated heterocycles. The lowest BCUT2D eigenvalue weighted by atomic mass is 10.2. The van der Waals surface area contributed by atoms with Gasteiger partial charge in [0.25, 0.3) is 0 Å². The predicted octanol–water partition coefficient (Wildman–Crippen LogP) is 0.760. The van der Waals surface area contributed by atoms with E-state index >= 15 is 0 Å². The number of hydrogen-bond donors (Lipinski definition) is 1. The van der Waals surface area contributed by atoms with Crippen molar-refractivity contribution in [2.45, 2.75) is 25.3 Å². The zero-order valence-corrected chi connectivity index (χ0v) is 11.7. The summed E-state index contributed by atoms with van der Waals surface area (Å²) < 4.78 is 27.6. The Morgan fingerprint density at radius 1 is 1.47 bits per heavy atom. The zero-order chi connectivity index (χ0) is 13.2. The average molecular weight is 259 g/mol. The lowest BCUT2D eigenvalue weighted by molar-refractivity contribution is 0.417. The Hall–Kier alpha value is -0.850. The minimum absolute atomic E-state index is 0.299. The lowest BCUT2D eigenvalue weighted by Gasteiger charge is -2.18. The van der Waals surface area contributed by atoms with E-state index in [1.165, 1.54) is 4.31 Å². The first-order chi connectivity index (χ1) is 7.78. The van der Waals surface area contributed by atoms with Gasteiger partial charge in [0, 0.05) is 39.1 Å².